The molecule has 1 aromatic heterocycles. The second kappa shape index (κ2) is 5.50. The van der Waals surface area contributed by atoms with E-state index in [0.717, 1.165) is 5.69 Å². The third-order valence-corrected chi connectivity index (χ3v) is 3.09. The van der Waals surface area contributed by atoms with Gasteiger partial charge in [0.15, 0.2) is 0 Å². The molecule has 94 valence electrons. The Bertz CT molecular complexity index is 539. The van der Waals surface area contributed by atoms with Crippen molar-refractivity contribution >= 4 is 28.6 Å². The number of hydrogen-bond acceptors (Lipinski definition) is 5. The molecule has 0 saturated heterocycles. The third kappa shape index (κ3) is 2.78. The van der Waals surface area contributed by atoms with E-state index in [2.05, 4.69) is 15.6 Å². The first-order chi connectivity index (χ1) is 8.70. The number of carbonyl (C=O) groups excluding carboxylic acids is 1. The zero-order valence-corrected chi connectivity index (χ0v) is 10.8. The molecule has 0 aliphatic rings. The number of carbonyl (C=O) groups is 1. The highest BCUT2D eigenvalue weighted by molar-refractivity contribution is 7.07. The van der Waals surface area contributed by atoms with Gasteiger partial charge >= 0.3 is 0 Å². The lowest BCUT2D eigenvalue weighted by Crippen LogP contribution is -2.19. The number of amides is 1. The summed E-state index contributed by atoms with van der Waals surface area (Å²) in [7, 11) is 1.60. The molecule has 0 unspecified atom stereocenters. The summed E-state index contributed by atoms with van der Waals surface area (Å²) in [6.45, 7) is 0.566. The maximum Gasteiger partial charge on any atom is 0.253 e. The summed E-state index contributed by atoms with van der Waals surface area (Å²) < 4.78 is 0. The van der Waals surface area contributed by atoms with Gasteiger partial charge in [0.1, 0.15) is 0 Å². The summed E-state index contributed by atoms with van der Waals surface area (Å²) in [5.41, 5.74) is 10.3. The third-order valence-electron chi connectivity index (χ3n) is 2.46. The molecule has 0 atom stereocenters. The molecule has 2 aromatic rings. The molecule has 0 spiro atoms. The lowest BCUT2D eigenvalue weighted by atomic mass is 10.1. The van der Waals surface area contributed by atoms with Crippen LogP contribution in [0.1, 0.15) is 16.1 Å². The number of nitrogen functional groups attached to an aromatic ring is 1. The van der Waals surface area contributed by atoms with Gasteiger partial charge in [-0.15, -0.1) is 11.3 Å². The van der Waals surface area contributed by atoms with Crippen LogP contribution in [0.25, 0.3) is 0 Å². The van der Waals surface area contributed by atoms with Gasteiger partial charge in [-0.1, -0.05) is 0 Å². The van der Waals surface area contributed by atoms with E-state index < -0.39 is 0 Å². The zero-order chi connectivity index (χ0) is 13.0. The van der Waals surface area contributed by atoms with Crippen molar-refractivity contribution in [3.05, 3.63) is 40.3 Å². The van der Waals surface area contributed by atoms with Gasteiger partial charge in [-0.25, -0.2) is 4.98 Å². The highest BCUT2D eigenvalue weighted by Crippen LogP contribution is 2.20. The largest absolute Gasteiger partial charge is 0.399 e. The number of nitrogens with zero attached hydrogens (tertiary/aromatic N) is 1. The van der Waals surface area contributed by atoms with Crippen LogP contribution in [0.2, 0.25) is 0 Å². The summed E-state index contributed by atoms with van der Waals surface area (Å²) in [6, 6.07) is 5.16. The Kier molecular flexibility index (Phi) is 3.78. The van der Waals surface area contributed by atoms with E-state index in [1.165, 1.54) is 11.3 Å². The fourth-order valence-corrected chi connectivity index (χ4v) is 2.11. The predicted molar refractivity (Wildman–Crippen MR) is 73.7 cm³/mol. The van der Waals surface area contributed by atoms with Gasteiger partial charge in [0.25, 0.3) is 5.91 Å². The molecule has 0 bridgehead atoms. The quantitative estimate of drug-likeness (QED) is 0.733. The van der Waals surface area contributed by atoms with Crippen LogP contribution in [0.4, 0.5) is 11.4 Å². The van der Waals surface area contributed by atoms with Gasteiger partial charge in [-0.2, -0.15) is 0 Å². The number of aromatic nitrogens is 1. The molecule has 0 radical (unpaired) electrons. The minimum absolute atomic E-state index is 0.143. The standard InChI is InChI=1S/C12H14N4OS/c1-14-12(17)10-3-2-8(13)4-11(10)15-5-9-6-18-7-16-9/h2-4,6-7,15H,5,13H2,1H3,(H,14,17). The highest BCUT2D eigenvalue weighted by Gasteiger charge is 2.10. The lowest BCUT2D eigenvalue weighted by molar-refractivity contribution is 0.0964. The molecule has 0 aliphatic carbocycles. The molecule has 0 fully saturated rings. The van der Waals surface area contributed by atoms with E-state index in [9.17, 15) is 4.79 Å². The molecule has 1 amide bonds. The molecule has 2 rings (SSSR count). The molecule has 6 heteroatoms. The Morgan fingerprint density at radius 2 is 2.33 bits per heavy atom. The van der Waals surface area contributed by atoms with Crippen LogP contribution in [-0.4, -0.2) is 17.9 Å². The number of nitrogens with one attached hydrogen (secondary N) is 2. The van der Waals surface area contributed by atoms with Gasteiger partial charge in [-0.05, 0) is 18.2 Å². The van der Waals surface area contributed by atoms with E-state index in [-0.39, 0.29) is 5.91 Å². The second-order valence-corrected chi connectivity index (χ2v) is 4.44. The minimum Gasteiger partial charge on any atom is -0.399 e. The Morgan fingerprint density at radius 1 is 1.50 bits per heavy atom. The van der Waals surface area contributed by atoms with Crippen LogP contribution in [0.15, 0.2) is 29.1 Å². The average Bonchev–Trinajstić information content (AvgIpc) is 2.88. The maximum absolute atomic E-state index is 11.7. The van der Waals surface area contributed by atoms with Crippen LogP contribution in [0.3, 0.4) is 0 Å². The van der Waals surface area contributed by atoms with E-state index in [1.54, 1.807) is 30.8 Å². The number of rotatable bonds is 4. The van der Waals surface area contributed by atoms with Crippen LogP contribution >= 0.6 is 11.3 Å². The molecule has 0 aliphatic heterocycles. The van der Waals surface area contributed by atoms with Crippen LogP contribution < -0.4 is 16.4 Å². The Balaban J connectivity index is 2.19. The summed E-state index contributed by atoms with van der Waals surface area (Å²) in [6.07, 6.45) is 0. The molecule has 18 heavy (non-hydrogen) atoms. The molecular formula is C12H14N4OS. The number of anilines is 2. The van der Waals surface area contributed by atoms with Crippen molar-refractivity contribution in [2.75, 3.05) is 18.1 Å². The van der Waals surface area contributed by atoms with E-state index >= 15 is 0 Å². The monoisotopic (exact) mass is 262 g/mol. The number of thiazole rings is 1. The molecular weight excluding hydrogens is 248 g/mol. The highest BCUT2D eigenvalue weighted by atomic mass is 32.1. The van der Waals surface area contributed by atoms with Crippen LogP contribution in [0.5, 0.6) is 0 Å². The smallest absolute Gasteiger partial charge is 0.253 e. The first kappa shape index (κ1) is 12.4. The van der Waals surface area contributed by atoms with Crippen molar-refractivity contribution in [3.8, 4) is 0 Å². The van der Waals surface area contributed by atoms with Gasteiger partial charge in [0, 0.05) is 23.8 Å². The van der Waals surface area contributed by atoms with Gasteiger partial charge in [0.2, 0.25) is 0 Å². The Labute approximate surface area is 109 Å². The van der Waals surface area contributed by atoms with Crippen LogP contribution in [0, 0.1) is 0 Å². The maximum atomic E-state index is 11.7. The zero-order valence-electron chi connectivity index (χ0n) is 9.93. The topological polar surface area (TPSA) is 80.0 Å². The lowest BCUT2D eigenvalue weighted by Gasteiger charge is -2.11. The van der Waals surface area contributed by atoms with Crippen molar-refractivity contribution in [2.45, 2.75) is 6.54 Å². The number of hydrogen-bond donors (Lipinski definition) is 3. The Hall–Kier alpha value is -2.08. The first-order valence-electron chi connectivity index (χ1n) is 5.43. The van der Waals surface area contributed by atoms with Gasteiger partial charge in [-0.3, -0.25) is 4.79 Å². The van der Waals surface area contributed by atoms with Crippen LogP contribution in [-0.2, 0) is 6.54 Å². The van der Waals surface area contributed by atoms with Gasteiger partial charge < -0.3 is 16.4 Å². The minimum atomic E-state index is -0.143. The SMILES string of the molecule is CNC(=O)c1ccc(N)cc1NCc1cscn1. The molecule has 0 saturated carbocycles. The molecule has 1 heterocycles. The van der Waals surface area contributed by atoms with E-state index in [1.807, 2.05) is 5.38 Å². The van der Waals surface area contributed by atoms with Crippen molar-refractivity contribution in [1.29, 1.82) is 0 Å². The summed E-state index contributed by atoms with van der Waals surface area (Å²) >= 11 is 1.54. The number of nitrogens with two attached hydrogens (primary N) is 1. The van der Waals surface area contributed by atoms with Gasteiger partial charge in [0.05, 0.1) is 23.3 Å². The molecule has 1 aromatic carbocycles. The van der Waals surface area contributed by atoms with Crippen molar-refractivity contribution in [1.82, 2.24) is 10.3 Å². The first-order valence-corrected chi connectivity index (χ1v) is 6.37. The normalized spacial score (nSPS) is 10.1. The fourth-order valence-electron chi connectivity index (χ4n) is 1.55. The average molecular weight is 262 g/mol. The Morgan fingerprint density at radius 3 is 3.00 bits per heavy atom. The van der Waals surface area contributed by atoms with Crippen molar-refractivity contribution < 1.29 is 4.79 Å². The van der Waals surface area contributed by atoms with Crippen molar-refractivity contribution in [3.63, 3.8) is 0 Å². The molecule has 5 nitrogen and oxygen atoms in total. The fraction of sp³-hybridized carbons (Fsp3) is 0.167. The van der Waals surface area contributed by atoms with Crippen molar-refractivity contribution in [2.24, 2.45) is 0 Å². The summed E-state index contributed by atoms with van der Waals surface area (Å²) in [5.74, 6) is -0.143. The summed E-state index contributed by atoms with van der Waals surface area (Å²) in [4.78, 5) is 15.9. The van der Waals surface area contributed by atoms with E-state index in [4.69, 9.17) is 5.73 Å². The predicted octanol–water partition coefficient (Wildman–Crippen LogP) is 1.70. The van der Waals surface area contributed by atoms with E-state index in [0.29, 0.717) is 23.5 Å². The summed E-state index contributed by atoms with van der Waals surface area (Å²) in [5, 5.41) is 7.73. The second-order valence-electron chi connectivity index (χ2n) is 3.72. The number of benzene rings is 1. The molecule has 4 N–H and O–H groups in total.